The molecule has 3 rings (SSSR count). The topological polar surface area (TPSA) is 43.4 Å². The first-order valence-electron chi connectivity index (χ1n) is 6.98. The molecule has 0 bridgehead atoms. The van der Waals surface area contributed by atoms with E-state index in [0.717, 1.165) is 41.7 Å². The van der Waals surface area contributed by atoms with Gasteiger partial charge < -0.3 is 14.8 Å². The van der Waals surface area contributed by atoms with E-state index in [-0.39, 0.29) is 5.60 Å². The first-order chi connectivity index (χ1) is 9.76. The maximum atomic E-state index is 5.63. The lowest BCUT2D eigenvalue weighted by Gasteiger charge is -2.40. The highest BCUT2D eigenvalue weighted by Gasteiger charge is 2.36. The van der Waals surface area contributed by atoms with E-state index in [2.05, 4.69) is 10.3 Å². The highest BCUT2D eigenvalue weighted by atomic mass is 16.5. The summed E-state index contributed by atoms with van der Waals surface area (Å²) in [6.45, 7) is 0.807. The Morgan fingerprint density at radius 2 is 2.10 bits per heavy atom. The summed E-state index contributed by atoms with van der Waals surface area (Å²) in [6.07, 6.45) is 5.31. The van der Waals surface area contributed by atoms with E-state index in [0.29, 0.717) is 0 Å². The fourth-order valence-corrected chi connectivity index (χ4v) is 2.69. The van der Waals surface area contributed by atoms with Gasteiger partial charge in [-0.25, -0.2) is 4.98 Å². The number of hydrogen-bond acceptors (Lipinski definition) is 4. The summed E-state index contributed by atoms with van der Waals surface area (Å²) >= 11 is 0. The van der Waals surface area contributed by atoms with Gasteiger partial charge in [0, 0.05) is 25.2 Å². The van der Waals surface area contributed by atoms with Gasteiger partial charge in [0.1, 0.15) is 11.6 Å². The monoisotopic (exact) mass is 272 g/mol. The Hall–Kier alpha value is -1.81. The number of rotatable bonds is 5. The number of fused-ring (bicyclic) bond motifs is 1. The first kappa shape index (κ1) is 13.2. The molecule has 1 aliphatic rings. The van der Waals surface area contributed by atoms with Crippen molar-refractivity contribution in [1.29, 1.82) is 0 Å². The van der Waals surface area contributed by atoms with Gasteiger partial charge in [0.05, 0.1) is 12.7 Å². The third kappa shape index (κ3) is 2.31. The van der Waals surface area contributed by atoms with Crippen LogP contribution in [0.2, 0.25) is 0 Å². The standard InChI is InChI=1S/C16H20N2O2/c1-19-13-4-5-14-12(10-13)6-9-17-15(14)18-11-16(20-2)7-3-8-16/h4-6,9-10H,3,7-8,11H2,1-2H3,(H,17,18). The average Bonchev–Trinajstić information content (AvgIpc) is 2.46. The summed E-state index contributed by atoms with van der Waals surface area (Å²) in [5.41, 5.74) is -0.00366. The van der Waals surface area contributed by atoms with Crippen molar-refractivity contribution in [1.82, 2.24) is 4.98 Å². The molecule has 0 radical (unpaired) electrons. The predicted octanol–water partition coefficient (Wildman–Crippen LogP) is 3.22. The van der Waals surface area contributed by atoms with Crippen molar-refractivity contribution in [2.75, 3.05) is 26.1 Å². The highest BCUT2D eigenvalue weighted by molar-refractivity contribution is 5.92. The van der Waals surface area contributed by atoms with Crippen LogP contribution in [0.25, 0.3) is 10.8 Å². The fourth-order valence-electron chi connectivity index (χ4n) is 2.69. The van der Waals surface area contributed by atoms with E-state index in [1.165, 1.54) is 6.42 Å². The molecule has 1 aromatic carbocycles. The second-order valence-electron chi connectivity index (χ2n) is 5.34. The Bertz CT molecular complexity index is 603. The zero-order valence-corrected chi connectivity index (χ0v) is 12.0. The van der Waals surface area contributed by atoms with Gasteiger partial charge in [0.15, 0.2) is 0 Å². The van der Waals surface area contributed by atoms with Crippen molar-refractivity contribution in [2.45, 2.75) is 24.9 Å². The maximum absolute atomic E-state index is 5.63. The van der Waals surface area contributed by atoms with Gasteiger partial charge in [-0.2, -0.15) is 0 Å². The third-order valence-corrected chi connectivity index (χ3v) is 4.25. The van der Waals surface area contributed by atoms with Crippen LogP contribution in [-0.2, 0) is 4.74 Å². The number of nitrogens with zero attached hydrogens (tertiary/aromatic N) is 1. The molecule has 1 saturated carbocycles. The lowest BCUT2D eigenvalue weighted by Crippen LogP contribution is -2.45. The number of ether oxygens (including phenoxy) is 2. The van der Waals surface area contributed by atoms with Gasteiger partial charge in [-0.3, -0.25) is 0 Å². The third-order valence-electron chi connectivity index (χ3n) is 4.25. The molecule has 1 fully saturated rings. The summed E-state index contributed by atoms with van der Waals surface area (Å²) < 4.78 is 10.9. The van der Waals surface area contributed by atoms with Gasteiger partial charge >= 0.3 is 0 Å². The molecule has 2 aromatic rings. The van der Waals surface area contributed by atoms with Gasteiger partial charge in [-0.1, -0.05) is 0 Å². The van der Waals surface area contributed by atoms with Crippen LogP contribution in [0, 0.1) is 0 Å². The molecule has 20 heavy (non-hydrogen) atoms. The quantitative estimate of drug-likeness (QED) is 0.907. The maximum Gasteiger partial charge on any atom is 0.133 e. The van der Waals surface area contributed by atoms with Crippen molar-refractivity contribution in [3.63, 3.8) is 0 Å². The first-order valence-corrected chi connectivity index (χ1v) is 6.98. The van der Waals surface area contributed by atoms with Crippen molar-refractivity contribution < 1.29 is 9.47 Å². The molecular weight excluding hydrogens is 252 g/mol. The minimum Gasteiger partial charge on any atom is -0.497 e. The molecule has 4 heteroatoms. The highest BCUT2D eigenvalue weighted by Crippen LogP contribution is 2.35. The van der Waals surface area contributed by atoms with Crippen molar-refractivity contribution in [2.24, 2.45) is 0 Å². The van der Waals surface area contributed by atoms with Crippen LogP contribution >= 0.6 is 0 Å². The van der Waals surface area contributed by atoms with Crippen LogP contribution in [0.15, 0.2) is 30.5 Å². The number of methoxy groups -OCH3 is 2. The molecule has 106 valence electrons. The zero-order chi connectivity index (χ0) is 14.0. The van der Waals surface area contributed by atoms with Gasteiger partial charge in [-0.05, 0) is 48.9 Å². The van der Waals surface area contributed by atoms with Crippen LogP contribution in [-0.4, -0.2) is 31.3 Å². The molecule has 0 spiro atoms. The molecule has 1 N–H and O–H groups in total. The number of aromatic nitrogens is 1. The minimum absolute atomic E-state index is 0.00366. The second-order valence-corrected chi connectivity index (χ2v) is 5.34. The summed E-state index contributed by atoms with van der Waals surface area (Å²) in [4.78, 5) is 4.45. The van der Waals surface area contributed by atoms with Crippen LogP contribution < -0.4 is 10.1 Å². The number of anilines is 1. The van der Waals surface area contributed by atoms with E-state index >= 15 is 0 Å². The molecule has 1 heterocycles. The van der Waals surface area contributed by atoms with E-state index in [4.69, 9.17) is 9.47 Å². The number of benzene rings is 1. The van der Waals surface area contributed by atoms with Crippen LogP contribution in [0.4, 0.5) is 5.82 Å². The Morgan fingerprint density at radius 1 is 1.25 bits per heavy atom. The Morgan fingerprint density at radius 3 is 2.75 bits per heavy atom. The predicted molar refractivity (Wildman–Crippen MR) is 80.4 cm³/mol. The molecule has 0 unspecified atom stereocenters. The molecule has 4 nitrogen and oxygen atoms in total. The van der Waals surface area contributed by atoms with Gasteiger partial charge in [-0.15, -0.1) is 0 Å². The summed E-state index contributed by atoms with van der Waals surface area (Å²) in [5.74, 6) is 1.77. The fraction of sp³-hybridized carbons (Fsp3) is 0.438. The van der Waals surface area contributed by atoms with E-state index < -0.39 is 0 Å². The van der Waals surface area contributed by atoms with Crippen LogP contribution in [0.1, 0.15) is 19.3 Å². The van der Waals surface area contributed by atoms with Gasteiger partial charge in [0.2, 0.25) is 0 Å². The molecule has 0 amide bonds. The lowest BCUT2D eigenvalue weighted by atomic mass is 9.80. The summed E-state index contributed by atoms with van der Waals surface area (Å²) in [5, 5.41) is 5.68. The lowest BCUT2D eigenvalue weighted by molar-refractivity contribution is -0.0601. The Balaban J connectivity index is 1.84. The Kier molecular flexibility index (Phi) is 3.49. The van der Waals surface area contributed by atoms with E-state index in [9.17, 15) is 0 Å². The normalized spacial score (nSPS) is 16.7. The van der Waals surface area contributed by atoms with Crippen molar-refractivity contribution >= 4 is 16.6 Å². The number of nitrogens with one attached hydrogen (secondary N) is 1. The molecule has 1 aliphatic carbocycles. The zero-order valence-electron chi connectivity index (χ0n) is 12.0. The average molecular weight is 272 g/mol. The van der Waals surface area contributed by atoms with Crippen molar-refractivity contribution in [3.8, 4) is 5.75 Å². The smallest absolute Gasteiger partial charge is 0.133 e. The van der Waals surface area contributed by atoms with E-state index in [1.54, 1.807) is 14.2 Å². The molecule has 0 atom stereocenters. The summed E-state index contributed by atoms with van der Waals surface area (Å²) in [7, 11) is 3.47. The molecular formula is C16H20N2O2. The molecule has 0 aliphatic heterocycles. The Labute approximate surface area is 119 Å². The second kappa shape index (κ2) is 5.29. The summed E-state index contributed by atoms with van der Waals surface area (Å²) in [6, 6.07) is 8.03. The SMILES string of the molecule is COc1ccc2c(NCC3(OC)CCC3)nccc2c1. The number of hydrogen-bond donors (Lipinski definition) is 1. The molecule has 0 saturated heterocycles. The van der Waals surface area contributed by atoms with Crippen LogP contribution in [0.5, 0.6) is 5.75 Å². The number of pyridine rings is 1. The largest absolute Gasteiger partial charge is 0.497 e. The van der Waals surface area contributed by atoms with E-state index in [1.807, 2.05) is 30.5 Å². The van der Waals surface area contributed by atoms with Gasteiger partial charge in [0.25, 0.3) is 0 Å². The minimum atomic E-state index is -0.00366. The molecule has 1 aromatic heterocycles. The van der Waals surface area contributed by atoms with Crippen LogP contribution in [0.3, 0.4) is 0 Å². The van der Waals surface area contributed by atoms with Crippen molar-refractivity contribution in [3.05, 3.63) is 30.5 Å².